The molecule has 0 radical (unpaired) electrons. The van der Waals surface area contributed by atoms with Gasteiger partial charge in [-0.25, -0.2) is 22.6 Å². The van der Waals surface area contributed by atoms with Gasteiger partial charge in [0.15, 0.2) is 0 Å². The smallest absolute Gasteiger partial charge is 0.326 e. The molecule has 2 aromatic carbocycles. The third kappa shape index (κ3) is 8.43. The van der Waals surface area contributed by atoms with Crippen LogP contribution in [-0.4, -0.2) is 54.7 Å². The molecule has 0 aliphatic carbocycles. The average Bonchev–Trinajstić information content (AvgIpc) is 2.97. The van der Waals surface area contributed by atoms with Crippen molar-refractivity contribution in [2.75, 3.05) is 34.3 Å². The molecule has 2 amide bonds. The summed E-state index contributed by atoms with van der Waals surface area (Å²) in [5.74, 6) is 0.287. The Balaban J connectivity index is 1.19. The van der Waals surface area contributed by atoms with E-state index in [2.05, 4.69) is 24.9 Å². The second-order valence-corrected chi connectivity index (χ2v) is 12.8. The first-order chi connectivity index (χ1) is 21.0. The Morgan fingerprint density at radius 3 is 2.45 bits per heavy atom. The zero-order valence-corrected chi connectivity index (χ0v) is 25.8. The summed E-state index contributed by atoms with van der Waals surface area (Å²) in [7, 11) is -3.42. The van der Waals surface area contributed by atoms with Gasteiger partial charge in [0.2, 0.25) is 15.9 Å². The van der Waals surface area contributed by atoms with Crippen LogP contribution in [0.1, 0.15) is 24.1 Å². The van der Waals surface area contributed by atoms with Gasteiger partial charge in [-0.1, -0.05) is 23.7 Å². The number of likely N-dealkylation sites (tertiary alicyclic amines) is 1. The summed E-state index contributed by atoms with van der Waals surface area (Å²) in [5.41, 5.74) is 3.24. The number of urea groups is 1. The average molecular weight is 639 g/mol. The minimum atomic E-state index is -3.42. The highest BCUT2D eigenvalue weighted by molar-refractivity contribution is 7.92. The van der Waals surface area contributed by atoms with E-state index in [0.717, 1.165) is 30.6 Å². The molecule has 0 saturated carbocycles. The number of aryl methyl sites for hydroxylation is 1. The van der Waals surface area contributed by atoms with Crippen molar-refractivity contribution >= 4 is 44.7 Å². The predicted molar refractivity (Wildman–Crippen MR) is 169 cm³/mol. The summed E-state index contributed by atoms with van der Waals surface area (Å²) in [6.07, 6.45) is 5.80. The van der Waals surface area contributed by atoms with Crippen LogP contribution in [0.4, 0.5) is 26.2 Å². The van der Waals surface area contributed by atoms with Crippen molar-refractivity contribution in [2.24, 2.45) is 0 Å². The van der Waals surface area contributed by atoms with E-state index in [-0.39, 0.29) is 17.1 Å². The molecule has 10 nitrogen and oxygen atoms in total. The number of rotatable bonds is 9. The molecule has 13 heteroatoms. The Kier molecular flexibility index (Phi) is 9.62. The lowest BCUT2D eigenvalue weighted by molar-refractivity contribution is 0.199. The van der Waals surface area contributed by atoms with E-state index >= 15 is 0 Å². The van der Waals surface area contributed by atoms with E-state index in [4.69, 9.17) is 16.3 Å². The molecule has 1 saturated heterocycles. The van der Waals surface area contributed by atoms with Crippen LogP contribution in [0.3, 0.4) is 0 Å². The van der Waals surface area contributed by atoms with Crippen molar-refractivity contribution < 1.29 is 22.3 Å². The van der Waals surface area contributed by atoms with Crippen LogP contribution in [-0.2, 0) is 16.6 Å². The molecule has 5 rings (SSSR count). The van der Waals surface area contributed by atoms with E-state index < -0.39 is 15.8 Å². The number of anilines is 3. The summed E-state index contributed by atoms with van der Waals surface area (Å²) in [6.45, 7) is 4.00. The Morgan fingerprint density at radius 1 is 1.05 bits per heavy atom. The normalized spacial score (nSPS) is 14.2. The monoisotopic (exact) mass is 638 g/mol. The van der Waals surface area contributed by atoms with Gasteiger partial charge in [-0.15, -0.1) is 0 Å². The van der Waals surface area contributed by atoms with Crippen LogP contribution in [0.2, 0.25) is 5.02 Å². The predicted octanol–water partition coefficient (Wildman–Crippen LogP) is 6.44. The molecule has 230 valence electrons. The van der Waals surface area contributed by atoms with E-state index in [0.29, 0.717) is 48.1 Å². The van der Waals surface area contributed by atoms with Crippen molar-refractivity contribution in [3.8, 4) is 11.6 Å². The van der Waals surface area contributed by atoms with Crippen molar-refractivity contribution in [2.45, 2.75) is 32.4 Å². The first-order valence-electron chi connectivity index (χ1n) is 13.9. The Hall–Kier alpha value is -4.26. The molecule has 1 aliphatic rings. The summed E-state index contributed by atoms with van der Waals surface area (Å²) in [4.78, 5) is 26.0. The fraction of sp³-hybridized carbons (Fsp3) is 0.258. The summed E-state index contributed by atoms with van der Waals surface area (Å²) < 4.78 is 45.2. The van der Waals surface area contributed by atoms with Crippen molar-refractivity contribution in [1.29, 1.82) is 0 Å². The fourth-order valence-electron chi connectivity index (χ4n) is 4.98. The lowest BCUT2D eigenvalue weighted by Gasteiger charge is -2.38. The third-order valence-corrected chi connectivity index (χ3v) is 7.95. The maximum Gasteiger partial charge on any atom is 0.326 e. The molecule has 1 aliphatic heterocycles. The zero-order chi connectivity index (χ0) is 31.3. The number of nitrogens with zero attached hydrogens (tertiary/aromatic N) is 4. The van der Waals surface area contributed by atoms with Crippen LogP contribution < -0.4 is 19.7 Å². The summed E-state index contributed by atoms with van der Waals surface area (Å²) >= 11 is 6.27. The maximum absolute atomic E-state index is 14.2. The minimum absolute atomic E-state index is 0.121. The molecule has 0 unspecified atom stereocenters. The largest absolute Gasteiger partial charge is 0.437 e. The van der Waals surface area contributed by atoms with Crippen molar-refractivity contribution in [3.63, 3.8) is 0 Å². The molecular formula is C31H32ClFN6O4S. The molecule has 4 aromatic rings. The number of carbonyl (C=O) groups is 1. The number of carbonyl (C=O) groups excluding carboxylic acids is 1. The number of sulfonamides is 1. The van der Waals surface area contributed by atoms with Crippen molar-refractivity contribution in [1.82, 2.24) is 14.9 Å². The number of hydrogen-bond acceptors (Lipinski definition) is 7. The van der Waals surface area contributed by atoms with Crippen LogP contribution in [0, 0.1) is 12.7 Å². The summed E-state index contributed by atoms with van der Waals surface area (Å²) in [6, 6.07) is 17.5. The van der Waals surface area contributed by atoms with Crippen LogP contribution in [0.15, 0.2) is 79.1 Å². The number of hydrogen-bond donors (Lipinski definition) is 2. The third-order valence-electron chi connectivity index (χ3n) is 7.04. The van der Waals surface area contributed by atoms with Gasteiger partial charge >= 0.3 is 6.03 Å². The highest BCUT2D eigenvalue weighted by Crippen LogP contribution is 2.32. The number of aromatic nitrogens is 2. The van der Waals surface area contributed by atoms with Crippen molar-refractivity contribution in [3.05, 3.63) is 101 Å². The number of ether oxygens (including phenoxy) is 1. The first-order valence-corrected chi connectivity index (χ1v) is 16.2. The van der Waals surface area contributed by atoms with E-state index in [9.17, 15) is 17.6 Å². The number of halogens is 2. The van der Waals surface area contributed by atoms with Gasteiger partial charge in [0, 0.05) is 49.3 Å². The molecule has 1 fully saturated rings. The molecule has 0 atom stereocenters. The highest BCUT2D eigenvalue weighted by Gasteiger charge is 2.30. The fourth-order valence-corrected chi connectivity index (χ4v) is 5.75. The Labute approximate surface area is 260 Å². The lowest BCUT2D eigenvalue weighted by Crippen LogP contribution is -2.49. The standard InChI is InChI=1S/C31H32ClFN6O4S/c1-21-6-8-25(19-34-21)36-31(40)39(27-5-3-4-23(33)16-27)26-12-14-38(15-13-26)20-22-7-11-30(35-18-22)43-29-10-9-24(17-28(29)32)37-44(2,41)42/h3-11,16-19,26,37H,12-15,20H2,1-2H3,(H,36,40). The second kappa shape index (κ2) is 13.6. The lowest BCUT2D eigenvalue weighted by atomic mass is 10.0. The number of nitrogens with one attached hydrogen (secondary N) is 2. The van der Waals surface area contributed by atoms with Gasteiger partial charge in [-0.3, -0.25) is 19.5 Å². The van der Waals surface area contributed by atoms with Gasteiger partial charge in [-0.2, -0.15) is 0 Å². The molecule has 44 heavy (non-hydrogen) atoms. The number of pyridine rings is 2. The van der Waals surface area contributed by atoms with Gasteiger partial charge in [-0.05, 0) is 73.9 Å². The molecule has 2 aromatic heterocycles. The summed E-state index contributed by atoms with van der Waals surface area (Å²) in [5, 5.41) is 3.15. The molecule has 3 heterocycles. The molecule has 0 bridgehead atoms. The van der Waals surface area contributed by atoms with E-state index in [1.165, 1.54) is 18.2 Å². The highest BCUT2D eigenvalue weighted by atomic mass is 35.5. The van der Waals surface area contributed by atoms with Crippen LogP contribution in [0.25, 0.3) is 0 Å². The zero-order valence-electron chi connectivity index (χ0n) is 24.2. The SMILES string of the molecule is Cc1ccc(NC(=O)N(c2cccc(F)c2)C2CCN(Cc3ccc(Oc4ccc(NS(C)(=O)=O)cc4Cl)nc3)CC2)cn1. The first kappa shape index (κ1) is 31.2. The Morgan fingerprint density at radius 2 is 1.82 bits per heavy atom. The topological polar surface area (TPSA) is 117 Å². The molecular weight excluding hydrogens is 607 g/mol. The second-order valence-electron chi connectivity index (χ2n) is 10.6. The van der Waals surface area contributed by atoms with Gasteiger partial charge in [0.05, 0.1) is 28.9 Å². The quantitative estimate of drug-likeness (QED) is 0.217. The maximum atomic E-state index is 14.2. The van der Waals surface area contributed by atoms with Gasteiger partial charge in [0.25, 0.3) is 0 Å². The number of piperidine rings is 1. The molecule has 0 spiro atoms. The minimum Gasteiger partial charge on any atom is -0.437 e. The van der Waals surface area contributed by atoms with E-state index in [1.807, 2.05) is 19.1 Å². The molecule has 2 N–H and O–H groups in total. The van der Waals surface area contributed by atoms with E-state index in [1.54, 1.807) is 53.7 Å². The van der Waals surface area contributed by atoms with Gasteiger partial charge < -0.3 is 10.1 Å². The van der Waals surface area contributed by atoms with Crippen LogP contribution >= 0.6 is 11.6 Å². The Bertz CT molecular complexity index is 1720. The van der Waals surface area contributed by atoms with Gasteiger partial charge in [0.1, 0.15) is 11.6 Å². The number of benzene rings is 2. The number of amides is 2. The van der Waals surface area contributed by atoms with Crippen LogP contribution in [0.5, 0.6) is 11.6 Å².